The van der Waals surface area contributed by atoms with E-state index >= 15 is 0 Å². The van der Waals surface area contributed by atoms with Crippen molar-refractivity contribution in [2.75, 3.05) is 25.1 Å². The minimum atomic E-state index is -0.0669. The van der Waals surface area contributed by atoms with E-state index < -0.39 is 0 Å². The summed E-state index contributed by atoms with van der Waals surface area (Å²) in [6, 6.07) is 5.44. The Balaban J connectivity index is 1.68. The Morgan fingerprint density at radius 1 is 1.55 bits per heavy atom. The Morgan fingerprint density at radius 2 is 2.40 bits per heavy atom. The Morgan fingerprint density at radius 3 is 3.15 bits per heavy atom. The molecule has 1 N–H and O–H groups in total. The van der Waals surface area contributed by atoms with Gasteiger partial charge < -0.3 is 14.8 Å². The maximum absolute atomic E-state index is 11.8. The normalized spacial score (nSPS) is 18.2. The number of carbonyl (C=O) groups excluding carboxylic acids is 1. The van der Waals surface area contributed by atoms with Crippen LogP contribution in [0.1, 0.15) is 24.8 Å². The van der Waals surface area contributed by atoms with Crippen LogP contribution in [0, 0.1) is 6.92 Å². The summed E-state index contributed by atoms with van der Waals surface area (Å²) in [5, 5.41) is 3.46. The lowest BCUT2D eigenvalue weighted by Gasteiger charge is -2.11. The molecule has 5 heteroatoms. The Bertz CT molecular complexity index is 458. The van der Waals surface area contributed by atoms with Crippen LogP contribution in [0.15, 0.2) is 18.2 Å². The molecule has 1 unspecified atom stereocenters. The number of aryl methyl sites for hydroxylation is 1. The summed E-state index contributed by atoms with van der Waals surface area (Å²) in [7, 11) is 0. The summed E-state index contributed by atoms with van der Waals surface area (Å²) in [6.45, 7) is 3.73. The van der Waals surface area contributed by atoms with Gasteiger partial charge in [0, 0.05) is 17.3 Å². The summed E-state index contributed by atoms with van der Waals surface area (Å²) in [4.78, 5) is 11.8. The monoisotopic (exact) mass is 297 g/mol. The smallest absolute Gasteiger partial charge is 0.226 e. The van der Waals surface area contributed by atoms with E-state index in [1.807, 2.05) is 13.0 Å². The summed E-state index contributed by atoms with van der Waals surface area (Å²) in [6.07, 6.45) is 2.68. The van der Waals surface area contributed by atoms with Crippen molar-refractivity contribution >= 4 is 23.2 Å². The maximum atomic E-state index is 11.8. The molecule has 1 aromatic carbocycles. The van der Waals surface area contributed by atoms with Crippen LogP contribution in [-0.2, 0) is 14.3 Å². The molecule has 1 heterocycles. The van der Waals surface area contributed by atoms with Gasteiger partial charge in [0.1, 0.15) is 0 Å². The van der Waals surface area contributed by atoms with E-state index in [9.17, 15) is 4.79 Å². The van der Waals surface area contributed by atoms with Crippen molar-refractivity contribution in [3.05, 3.63) is 28.8 Å². The third kappa shape index (κ3) is 4.78. The van der Waals surface area contributed by atoms with Crippen LogP contribution in [0.5, 0.6) is 0 Å². The highest BCUT2D eigenvalue weighted by Crippen LogP contribution is 2.20. The van der Waals surface area contributed by atoms with Gasteiger partial charge in [-0.05, 0) is 37.5 Å². The molecule has 0 radical (unpaired) electrons. The van der Waals surface area contributed by atoms with Gasteiger partial charge in [0.2, 0.25) is 5.91 Å². The second kappa shape index (κ2) is 7.62. The van der Waals surface area contributed by atoms with Crippen LogP contribution in [0.4, 0.5) is 5.69 Å². The molecule has 20 heavy (non-hydrogen) atoms. The SMILES string of the molecule is Cc1ccc(Cl)cc1NC(=O)CCOCC1CCCO1. The summed E-state index contributed by atoms with van der Waals surface area (Å²) < 4.78 is 10.9. The highest BCUT2D eigenvalue weighted by molar-refractivity contribution is 6.31. The van der Waals surface area contributed by atoms with Crippen molar-refractivity contribution in [2.45, 2.75) is 32.3 Å². The number of hydrogen-bond acceptors (Lipinski definition) is 3. The molecule has 1 aromatic rings. The highest BCUT2D eigenvalue weighted by Gasteiger charge is 2.15. The lowest BCUT2D eigenvalue weighted by atomic mass is 10.2. The molecule has 1 fully saturated rings. The zero-order valence-corrected chi connectivity index (χ0v) is 12.4. The first-order valence-electron chi connectivity index (χ1n) is 6.90. The van der Waals surface area contributed by atoms with Crippen molar-refractivity contribution in [3.8, 4) is 0 Å². The van der Waals surface area contributed by atoms with Gasteiger partial charge in [0.15, 0.2) is 0 Å². The fourth-order valence-corrected chi connectivity index (χ4v) is 2.27. The molecule has 110 valence electrons. The average molecular weight is 298 g/mol. The second-order valence-electron chi connectivity index (χ2n) is 4.97. The van der Waals surface area contributed by atoms with Crippen LogP contribution >= 0.6 is 11.6 Å². The molecule has 1 aliphatic heterocycles. The van der Waals surface area contributed by atoms with Crippen molar-refractivity contribution in [2.24, 2.45) is 0 Å². The molecule has 0 saturated carbocycles. The van der Waals surface area contributed by atoms with Crippen LogP contribution in [-0.4, -0.2) is 31.8 Å². The summed E-state index contributed by atoms with van der Waals surface area (Å²) >= 11 is 5.91. The number of nitrogens with one attached hydrogen (secondary N) is 1. The summed E-state index contributed by atoms with van der Waals surface area (Å²) in [5.41, 5.74) is 1.74. The Hall–Kier alpha value is -1.10. The molecule has 1 saturated heterocycles. The number of rotatable bonds is 6. The largest absolute Gasteiger partial charge is 0.378 e. The zero-order valence-electron chi connectivity index (χ0n) is 11.7. The van der Waals surface area contributed by atoms with Crippen LogP contribution < -0.4 is 5.32 Å². The predicted molar refractivity (Wildman–Crippen MR) is 79.2 cm³/mol. The molecule has 1 amide bonds. The molecule has 0 aromatic heterocycles. The van der Waals surface area contributed by atoms with Gasteiger partial charge in [-0.25, -0.2) is 0 Å². The van der Waals surface area contributed by atoms with E-state index in [-0.39, 0.29) is 12.0 Å². The third-order valence-corrected chi connectivity index (χ3v) is 3.51. The number of carbonyl (C=O) groups is 1. The Kier molecular flexibility index (Phi) is 5.83. The zero-order chi connectivity index (χ0) is 14.4. The van der Waals surface area contributed by atoms with Gasteiger partial charge in [-0.3, -0.25) is 4.79 Å². The molecule has 1 aliphatic rings. The third-order valence-electron chi connectivity index (χ3n) is 3.27. The van der Waals surface area contributed by atoms with Crippen LogP contribution in [0.3, 0.4) is 0 Å². The highest BCUT2D eigenvalue weighted by atomic mass is 35.5. The molecular formula is C15H20ClNO3. The molecule has 4 nitrogen and oxygen atoms in total. The first kappa shape index (κ1) is 15.3. The van der Waals surface area contributed by atoms with Crippen molar-refractivity contribution in [3.63, 3.8) is 0 Å². The lowest BCUT2D eigenvalue weighted by Crippen LogP contribution is -2.18. The van der Waals surface area contributed by atoms with Crippen molar-refractivity contribution in [1.29, 1.82) is 0 Å². The number of hydrogen-bond donors (Lipinski definition) is 1. The van der Waals surface area contributed by atoms with Crippen molar-refractivity contribution in [1.82, 2.24) is 0 Å². The van der Waals surface area contributed by atoms with Crippen molar-refractivity contribution < 1.29 is 14.3 Å². The van der Waals surface area contributed by atoms with Gasteiger partial charge in [0.25, 0.3) is 0 Å². The van der Waals surface area contributed by atoms with Gasteiger partial charge in [-0.15, -0.1) is 0 Å². The lowest BCUT2D eigenvalue weighted by molar-refractivity contribution is -0.117. The number of amides is 1. The minimum absolute atomic E-state index is 0.0669. The van der Waals surface area contributed by atoms with Crippen LogP contribution in [0.2, 0.25) is 5.02 Å². The van der Waals surface area contributed by atoms with Gasteiger partial charge in [-0.2, -0.15) is 0 Å². The molecule has 1 atom stereocenters. The average Bonchev–Trinajstić information content (AvgIpc) is 2.92. The van der Waals surface area contributed by atoms with Crippen LogP contribution in [0.25, 0.3) is 0 Å². The van der Waals surface area contributed by atoms with E-state index in [2.05, 4.69) is 5.32 Å². The standard InChI is InChI=1S/C15H20ClNO3/c1-11-4-5-12(16)9-14(11)17-15(18)6-8-19-10-13-3-2-7-20-13/h4-5,9,13H,2-3,6-8,10H2,1H3,(H,17,18). The van der Waals surface area contributed by atoms with E-state index in [0.717, 1.165) is 30.7 Å². The number of benzene rings is 1. The number of ether oxygens (including phenoxy) is 2. The molecule has 0 spiro atoms. The maximum Gasteiger partial charge on any atom is 0.226 e. The minimum Gasteiger partial charge on any atom is -0.378 e. The number of halogens is 1. The topological polar surface area (TPSA) is 47.6 Å². The first-order chi connectivity index (χ1) is 9.65. The number of anilines is 1. The van der Waals surface area contributed by atoms with E-state index in [0.29, 0.717) is 24.7 Å². The van der Waals surface area contributed by atoms with Gasteiger partial charge in [0.05, 0.1) is 25.7 Å². The van der Waals surface area contributed by atoms with E-state index in [4.69, 9.17) is 21.1 Å². The van der Waals surface area contributed by atoms with Gasteiger partial charge in [-0.1, -0.05) is 17.7 Å². The fourth-order valence-electron chi connectivity index (χ4n) is 2.10. The fraction of sp³-hybridized carbons (Fsp3) is 0.533. The summed E-state index contributed by atoms with van der Waals surface area (Å²) in [5.74, 6) is -0.0669. The second-order valence-corrected chi connectivity index (χ2v) is 5.40. The van der Waals surface area contributed by atoms with E-state index in [1.54, 1.807) is 12.1 Å². The quantitative estimate of drug-likeness (QED) is 0.821. The van der Waals surface area contributed by atoms with E-state index in [1.165, 1.54) is 0 Å². The molecule has 0 aliphatic carbocycles. The first-order valence-corrected chi connectivity index (χ1v) is 7.28. The van der Waals surface area contributed by atoms with Gasteiger partial charge >= 0.3 is 0 Å². The Labute approximate surface area is 124 Å². The molecule has 2 rings (SSSR count). The molecular weight excluding hydrogens is 278 g/mol. The predicted octanol–water partition coefficient (Wildman–Crippen LogP) is 3.17. The molecule has 0 bridgehead atoms.